The molecule has 0 bridgehead atoms. The van der Waals surface area contributed by atoms with Crippen molar-refractivity contribution in [3.8, 4) is 0 Å². The van der Waals surface area contributed by atoms with Crippen molar-refractivity contribution in [3.63, 3.8) is 0 Å². The average Bonchev–Trinajstić information content (AvgIpc) is 1.35. The lowest BCUT2D eigenvalue weighted by molar-refractivity contribution is 0.252. The zero-order valence-corrected chi connectivity index (χ0v) is 3.83. The van der Waals surface area contributed by atoms with Crippen molar-refractivity contribution in [2.75, 3.05) is 0 Å². The molecule has 0 unspecified atom stereocenters. The van der Waals surface area contributed by atoms with Crippen molar-refractivity contribution < 1.29 is 19.2 Å². The molecular formula is CH4O4Si. The van der Waals surface area contributed by atoms with Crippen molar-refractivity contribution in [1.29, 1.82) is 0 Å². The van der Waals surface area contributed by atoms with Gasteiger partial charge in [0, 0.05) is 0 Å². The molecule has 0 aromatic rings. The molecule has 0 aliphatic heterocycles. The van der Waals surface area contributed by atoms with E-state index in [1.807, 2.05) is 0 Å². The monoisotopic (exact) mass is 108 g/mol. The van der Waals surface area contributed by atoms with Crippen LogP contribution < -0.4 is 0 Å². The van der Waals surface area contributed by atoms with E-state index in [1.54, 1.807) is 0 Å². The molecule has 0 saturated heterocycles. The summed E-state index contributed by atoms with van der Waals surface area (Å²) in [6.45, 7) is 0. The Morgan fingerprint density at radius 3 is 1.50 bits per heavy atom. The van der Waals surface area contributed by atoms with E-state index in [0.29, 0.717) is 0 Å². The van der Waals surface area contributed by atoms with Crippen LogP contribution in [0.5, 0.6) is 0 Å². The second-order valence-corrected chi connectivity index (χ2v) is 2.42. The molecule has 0 aliphatic rings. The zero-order chi connectivity index (χ0) is 5.21. The van der Waals surface area contributed by atoms with Gasteiger partial charge in [0.05, 0.1) is 0 Å². The quantitative estimate of drug-likeness (QED) is 0.260. The van der Waals surface area contributed by atoms with E-state index in [2.05, 4.69) is 0 Å². The zero-order valence-electron chi connectivity index (χ0n) is 2.83. The van der Waals surface area contributed by atoms with Crippen LogP contribution in [-0.4, -0.2) is 29.1 Å². The van der Waals surface area contributed by atoms with Crippen LogP contribution in [0.4, 0.5) is 0 Å². The van der Waals surface area contributed by atoms with E-state index in [0.717, 1.165) is 0 Å². The lowest BCUT2D eigenvalue weighted by atomic mass is 11.8. The molecule has 36 valence electrons. The number of carbonyl (C=O) groups is 1. The SMILES string of the molecule is O=C[Si](O)(O)O. The van der Waals surface area contributed by atoms with Crippen molar-refractivity contribution in [3.05, 3.63) is 0 Å². The summed E-state index contributed by atoms with van der Waals surface area (Å²) >= 11 is 0. The molecule has 0 aliphatic carbocycles. The Hall–Kier alpha value is -0.233. The molecule has 6 heavy (non-hydrogen) atoms. The van der Waals surface area contributed by atoms with Gasteiger partial charge >= 0.3 is 8.80 Å². The Morgan fingerprint density at radius 1 is 1.33 bits per heavy atom. The number of hydrogen-bond donors (Lipinski definition) is 3. The van der Waals surface area contributed by atoms with Gasteiger partial charge in [-0.1, -0.05) is 0 Å². The first-order valence-electron chi connectivity index (χ1n) is 1.20. The number of hydrogen-bond acceptors (Lipinski definition) is 4. The van der Waals surface area contributed by atoms with Crippen LogP contribution >= 0.6 is 0 Å². The summed E-state index contributed by atoms with van der Waals surface area (Å²) in [6, 6.07) is 0. The van der Waals surface area contributed by atoms with E-state index in [4.69, 9.17) is 19.2 Å². The Kier molecular flexibility index (Phi) is 1.42. The predicted octanol–water partition coefficient (Wildman–Crippen LogP) is -2.33. The molecule has 0 aromatic carbocycles. The van der Waals surface area contributed by atoms with E-state index >= 15 is 0 Å². The van der Waals surface area contributed by atoms with Crippen molar-refractivity contribution in [1.82, 2.24) is 0 Å². The topological polar surface area (TPSA) is 77.8 Å². The van der Waals surface area contributed by atoms with Gasteiger partial charge in [0.1, 0.15) is 0 Å². The summed E-state index contributed by atoms with van der Waals surface area (Å²) in [5.74, 6) is -0.257. The van der Waals surface area contributed by atoms with E-state index < -0.39 is 8.80 Å². The third kappa shape index (κ3) is 3.77. The highest BCUT2D eigenvalue weighted by molar-refractivity contribution is 6.83. The molecule has 0 heterocycles. The highest BCUT2D eigenvalue weighted by Gasteiger charge is 2.24. The summed E-state index contributed by atoms with van der Waals surface area (Å²) in [7, 11) is -4.31. The highest BCUT2D eigenvalue weighted by Crippen LogP contribution is 1.71. The predicted molar refractivity (Wildman–Crippen MR) is 19.2 cm³/mol. The molecular weight excluding hydrogens is 104 g/mol. The maximum Gasteiger partial charge on any atom is 0.563 e. The molecule has 0 radical (unpaired) electrons. The minimum atomic E-state index is -4.31. The van der Waals surface area contributed by atoms with Crippen LogP contribution in [0.2, 0.25) is 0 Å². The fourth-order valence-electron chi connectivity index (χ4n) is 0. The molecule has 0 aromatic heterocycles. The highest BCUT2D eigenvalue weighted by atomic mass is 28.4. The Balaban J connectivity index is 3.45. The first-order chi connectivity index (χ1) is 2.56. The summed E-state index contributed by atoms with van der Waals surface area (Å²) in [5.41, 5.74) is 0. The van der Waals surface area contributed by atoms with Gasteiger partial charge in [0.25, 0.3) is 0 Å². The van der Waals surface area contributed by atoms with Crippen LogP contribution in [0, 0.1) is 0 Å². The van der Waals surface area contributed by atoms with E-state index in [9.17, 15) is 0 Å². The second-order valence-electron chi connectivity index (χ2n) is 0.805. The van der Waals surface area contributed by atoms with E-state index in [1.165, 1.54) is 0 Å². The summed E-state index contributed by atoms with van der Waals surface area (Å²) < 4.78 is 0. The summed E-state index contributed by atoms with van der Waals surface area (Å²) in [4.78, 5) is 32.3. The minimum absolute atomic E-state index is 0.257. The first-order valence-corrected chi connectivity index (χ1v) is 3.11. The standard InChI is InChI=1S/CH4O4Si/c2-1-6(3,4)5/h1,3-5H. The lowest BCUT2D eigenvalue weighted by Crippen LogP contribution is -2.36. The fourth-order valence-corrected chi connectivity index (χ4v) is 0. The lowest BCUT2D eigenvalue weighted by Gasteiger charge is -1.93. The van der Waals surface area contributed by atoms with Crippen molar-refractivity contribution in [2.24, 2.45) is 0 Å². The third-order valence-electron chi connectivity index (χ3n) is 0.158. The molecule has 0 atom stereocenters. The maximum absolute atomic E-state index is 9.14. The van der Waals surface area contributed by atoms with Crippen molar-refractivity contribution in [2.45, 2.75) is 0 Å². The molecule has 0 saturated carbocycles. The van der Waals surface area contributed by atoms with Crippen LogP contribution in [0.15, 0.2) is 0 Å². The summed E-state index contributed by atoms with van der Waals surface area (Å²) in [6.07, 6.45) is 0. The van der Waals surface area contributed by atoms with Gasteiger partial charge in [-0.3, -0.25) is 0 Å². The molecule has 0 fully saturated rings. The van der Waals surface area contributed by atoms with Crippen molar-refractivity contribution >= 4 is 14.7 Å². The van der Waals surface area contributed by atoms with E-state index in [-0.39, 0.29) is 5.91 Å². The Morgan fingerprint density at radius 2 is 1.50 bits per heavy atom. The van der Waals surface area contributed by atoms with Crippen LogP contribution in [0.3, 0.4) is 0 Å². The average molecular weight is 108 g/mol. The number of carbonyl (C=O) groups excluding carboxylic acids is 1. The number of rotatable bonds is 1. The molecule has 4 nitrogen and oxygen atoms in total. The molecule has 0 spiro atoms. The van der Waals surface area contributed by atoms with Gasteiger partial charge in [-0.15, -0.1) is 0 Å². The van der Waals surface area contributed by atoms with Gasteiger partial charge in [-0.05, 0) is 0 Å². The Bertz CT molecular complexity index is 53.1. The minimum Gasteiger partial charge on any atom is -0.385 e. The smallest absolute Gasteiger partial charge is 0.385 e. The van der Waals surface area contributed by atoms with Gasteiger partial charge in [-0.2, -0.15) is 0 Å². The van der Waals surface area contributed by atoms with Gasteiger partial charge in [0.2, 0.25) is 0 Å². The normalized spacial score (nSPS) is 11.2. The second kappa shape index (κ2) is 1.48. The maximum atomic E-state index is 9.14. The third-order valence-corrected chi connectivity index (χ3v) is 0.474. The summed E-state index contributed by atoms with van der Waals surface area (Å²) in [5, 5.41) is 0. The largest absolute Gasteiger partial charge is 0.563 e. The first kappa shape index (κ1) is 5.77. The van der Waals surface area contributed by atoms with Crippen LogP contribution in [0.25, 0.3) is 0 Å². The van der Waals surface area contributed by atoms with Gasteiger partial charge < -0.3 is 19.2 Å². The fraction of sp³-hybridized carbons (Fsp3) is 0. The molecule has 5 heteroatoms. The molecule has 3 N–H and O–H groups in total. The van der Waals surface area contributed by atoms with Gasteiger partial charge in [0.15, 0.2) is 5.91 Å². The van der Waals surface area contributed by atoms with Crippen LogP contribution in [0.1, 0.15) is 0 Å². The van der Waals surface area contributed by atoms with Gasteiger partial charge in [-0.25, -0.2) is 0 Å². The Labute approximate surface area is 35.0 Å². The molecule has 0 amide bonds. The van der Waals surface area contributed by atoms with Crippen LogP contribution in [-0.2, 0) is 4.79 Å². The molecule has 0 rings (SSSR count).